The predicted molar refractivity (Wildman–Crippen MR) is 97.2 cm³/mol. The lowest BCUT2D eigenvalue weighted by Gasteiger charge is -2.32. The van der Waals surface area contributed by atoms with Crippen molar-refractivity contribution in [2.24, 2.45) is 0 Å². The first-order valence-electron chi connectivity index (χ1n) is 9.72. The molecule has 6 nitrogen and oxygen atoms in total. The fourth-order valence-electron chi connectivity index (χ4n) is 3.60. The highest BCUT2D eigenvalue weighted by atomic mass is 16.3. The fraction of sp³-hybridized carbons (Fsp3) is 0.944. The molecule has 1 aliphatic carbocycles. The van der Waals surface area contributed by atoms with E-state index in [9.17, 15) is 9.90 Å². The van der Waals surface area contributed by atoms with E-state index in [4.69, 9.17) is 0 Å². The molecule has 2 amide bonds. The first-order valence-corrected chi connectivity index (χ1v) is 9.72. The van der Waals surface area contributed by atoms with Crippen LogP contribution < -0.4 is 10.6 Å². The Bertz CT molecular complexity index is 362. The van der Waals surface area contributed by atoms with Crippen LogP contribution in [0.3, 0.4) is 0 Å². The topological polar surface area (TPSA) is 67.8 Å². The summed E-state index contributed by atoms with van der Waals surface area (Å²) in [5, 5.41) is 16.3. The van der Waals surface area contributed by atoms with Gasteiger partial charge in [-0.25, -0.2) is 4.79 Å². The highest BCUT2D eigenvalue weighted by Crippen LogP contribution is 2.26. The molecule has 2 fully saturated rings. The molecule has 0 aromatic rings. The summed E-state index contributed by atoms with van der Waals surface area (Å²) >= 11 is 0. The highest BCUT2D eigenvalue weighted by molar-refractivity contribution is 5.73. The average molecular weight is 341 g/mol. The van der Waals surface area contributed by atoms with Gasteiger partial charge in [0.15, 0.2) is 0 Å². The maximum absolute atomic E-state index is 11.9. The van der Waals surface area contributed by atoms with Gasteiger partial charge in [0.25, 0.3) is 0 Å². The summed E-state index contributed by atoms with van der Waals surface area (Å²) in [6.45, 7) is 6.83. The summed E-state index contributed by atoms with van der Waals surface area (Å²) in [7, 11) is 2.17. The SMILES string of the molecule is CN1CCN(CCCCNC(=O)NCC2(O)CCCCCC2)CC1. The zero-order valence-corrected chi connectivity index (χ0v) is 15.4. The van der Waals surface area contributed by atoms with Gasteiger partial charge in [-0.1, -0.05) is 25.7 Å². The lowest BCUT2D eigenvalue weighted by atomic mass is 9.95. The van der Waals surface area contributed by atoms with E-state index in [1.807, 2.05) is 0 Å². The molecule has 140 valence electrons. The number of rotatable bonds is 7. The molecule has 0 spiro atoms. The van der Waals surface area contributed by atoms with Crippen LogP contribution in [0.5, 0.6) is 0 Å². The van der Waals surface area contributed by atoms with Crippen LogP contribution in [0.15, 0.2) is 0 Å². The molecule has 1 saturated carbocycles. The lowest BCUT2D eigenvalue weighted by molar-refractivity contribution is 0.0277. The Morgan fingerprint density at radius 2 is 1.67 bits per heavy atom. The van der Waals surface area contributed by atoms with E-state index in [1.165, 1.54) is 12.8 Å². The number of amides is 2. The minimum absolute atomic E-state index is 0.146. The van der Waals surface area contributed by atoms with Gasteiger partial charge in [0, 0.05) is 39.3 Å². The second-order valence-electron chi connectivity index (χ2n) is 7.60. The second-order valence-corrected chi connectivity index (χ2v) is 7.60. The van der Waals surface area contributed by atoms with Crippen molar-refractivity contribution in [1.82, 2.24) is 20.4 Å². The van der Waals surface area contributed by atoms with E-state index in [2.05, 4.69) is 27.5 Å². The number of likely N-dealkylation sites (N-methyl/N-ethyl adjacent to an activating group) is 1. The third-order valence-electron chi connectivity index (χ3n) is 5.39. The molecular formula is C18H36N4O2. The molecule has 6 heteroatoms. The minimum Gasteiger partial charge on any atom is -0.388 e. The van der Waals surface area contributed by atoms with Crippen molar-refractivity contribution in [3.05, 3.63) is 0 Å². The number of carbonyl (C=O) groups is 1. The molecule has 2 aliphatic rings. The van der Waals surface area contributed by atoms with Crippen LogP contribution >= 0.6 is 0 Å². The van der Waals surface area contributed by atoms with E-state index in [0.717, 1.165) is 71.2 Å². The molecule has 3 N–H and O–H groups in total. The number of nitrogens with zero attached hydrogens (tertiary/aromatic N) is 2. The molecular weight excluding hydrogens is 304 g/mol. The predicted octanol–water partition coefficient (Wildman–Crippen LogP) is 1.40. The molecule has 2 rings (SSSR count). The quantitative estimate of drug-likeness (QED) is 0.484. The summed E-state index contributed by atoms with van der Waals surface area (Å²) in [4.78, 5) is 16.7. The Hall–Kier alpha value is -0.850. The van der Waals surface area contributed by atoms with Crippen LogP contribution in [0.4, 0.5) is 4.79 Å². The van der Waals surface area contributed by atoms with Gasteiger partial charge in [-0.3, -0.25) is 0 Å². The molecule has 1 saturated heterocycles. The van der Waals surface area contributed by atoms with Gasteiger partial charge in [-0.15, -0.1) is 0 Å². The third-order valence-corrected chi connectivity index (χ3v) is 5.39. The minimum atomic E-state index is -0.699. The zero-order chi connectivity index (χ0) is 17.3. The van der Waals surface area contributed by atoms with Gasteiger partial charge in [-0.2, -0.15) is 0 Å². The van der Waals surface area contributed by atoms with Gasteiger partial charge in [0.05, 0.1) is 5.60 Å². The van der Waals surface area contributed by atoms with Crippen molar-refractivity contribution in [3.8, 4) is 0 Å². The molecule has 0 radical (unpaired) electrons. The lowest BCUT2D eigenvalue weighted by Crippen LogP contribution is -2.46. The van der Waals surface area contributed by atoms with Gasteiger partial charge in [0.2, 0.25) is 0 Å². The van der Waals surface area contributed by atoms with E-state index < -0.39 is 5.60 Å². The molecule has 0 aromatic heterocycles. The summed E-state index contributed by atoms with van der Waals surface area (Å²) < 4.78 is 0. The van der Waals surface area contributed by atoms with Crippen molar-refractivity contribution >= 4 is 6.03 Å². The summed E-state index contributed by atoms with van der Waals surface area (Å²) in [6, 6.07) is -0.146. The number of piperazine rings is 1. The van der Waals surface area contributed by atoms with Crippen LogP contribution in [-0.4, -0.2) is 79.4 Å². The maximum Gasteiger partial charge on any atom is 0.314 e. The number of aliphatic hydroxyl groups is 1. The molecule has 0 bridgehead atoms. The first-order chi connectivity index (χ1) is 11.6. The first kappa shape index (κ1) is 19.5. The number of unbranched alkanes of at least 4 members (excludes halogenated alkanes) is 1. The van der Waals surface area contributed by atoms with E-state index in [0.29, 0.717) is 13.1 Å². The molecule has 24 heavy (non-hydrogen) atoms. The molecule has 0 atom stereocenters. The van der Waals surface area contributed by atoms with E-state index >= 15 is 0 Å². The van der Waals surface area contributed by atoms with Crippen LogP contribution in [0.1, 0.15) is 51.4 Å². The maximum atomic E-state index is 11.9. The van der Waals surface area contributed by atoms with Gasteiger partial charge in [0.1, 0.15) is 0 Å². The van der Waals surface area contributed by atoms with Crippen LogP contribution in [-0.2, 0) is 0 Å². The molecule has 1 heterocycles. The van der Waals surface area contributed by atoms with Crippen molar-refractivity contribution in [2.75, 3.05) is 52.9 Å². The number of nitrogens with one attached hydrogen (secondary N) is 2. The largest absolute Gasteiger partial charge is 0.388 e. The van der Waals surface area contributed by atoms with Crippen molar-refractivity contribution in [2.45, 2.75) is 57.0 Å². The standard InChI is InChI=1S/C18H36N4O2/c1-21-12-14-22(15-13-21)11-7-6-10-19-17(23)20-16-18(24)8-4-2-3-5-9-18/h24H,2-16H2,1H3,(H2,19,20,23). The number of carbonyl (C=O) groups excluding carboxylic acids is 1. The molecule has 1 aliphatic heterocycles. The number of hydrogen-bond acceptors (Lipinski definition) is 4. The summed E-state index contributed by atoms with van der Waals surface area (Å²) in [5.74, 6) is 0. The molecule has 0 aromatic carbocycles. The Kier molecular flexibility index (Phi) is 8.29. The normalized spacial score (nSPS) is 22.8. The number of urea groups is 1. The fourth-order valence-corrected chi connectivity index (χ4v) is 3.60. The van der Waals surface area contributed by atoms with Gasteiger partial charge >= 0.3 is 6.03 Å². The Balaban J connectivity index is 1.49. The Labute approximate surface area is 147 Å². The van der Waals surface area contributed by atoms with Crippen molar-refractivity contribution < 1.29 is 9.90 Å². The van der Waals surface area contributed by atoms with Crippen LogP contribution in [0, 0.1) is 0 Å². The summed E-state index contributed by atoms with van der Waals surface area (Å²) in [6.07, 6.45) is 8.25. The Morgan fingerprint density at radius 3 is 2.33 bits per heavy atom. The second kappa shape index (κ2) is 10.2. The van der Waals surface area contributed by atoms with Crippen LogP contribution in [0.25, 0.3) is 0 Å². The average Bonchev–Trinajstić information content (AvgIpc) is 2.79. The molecule has 0 unspecified atom stereocenters. The van der Waals surface area contributed by atoms with Crippen molar-refractivity contribution in [1.29, 1.82) is 0 Å². The number of hydrogen-bond donors (Lipinski definition) is 3. The van der Waals surface area contributed by atoms with Gasteiger partial charge in [-0.05, 0) is 39.3 Å². The zero-order valence-electron chi connectivity index (χ0n) is 15.4. The van der Waals surface area contributed by atoms with Crippen LogP contribution in [0.2, 0.25) is 0 Å². The van der Waals surface area contributed by atoms with Gasteiger partial charge < -0.3 is 25.5 Å². The summed E-state index contributed by atoms with van der Waals surface area (Å²) in [5.41, 5.74) is -0.699. The van der Waals surface area contributed by atoms with Crippen molar-refractivity contribution in [3.63, 3.8) is 0 Å². The highest BCUT2D eigenvalue weighted by Gasteiger charge is 2.28. The third kappa shape index (κ3) is 7.36. The van der Waals surface area contributed by atoms with E-state index in [1.54, 1.807) is 0 Å². The monoisotopic (exact) mass is 340 g/mol. The smallest absolute Gasteiger partial charge is 0.314 e. The Morgan fingerprint density at radius 1 is 1.00 bits per heavy atom. The van der Waals surface area contributed by atoms with E-state index in [-0.39, 0.29) is 6.03 Å².